The van der Waals surface area contributed by atoms with Crippen molar-refractivity contribution in [3.63, 3.8) is 0 Å². The Balaban J connectivity index is 0.000000223. The standard InChI is InChI=1S/C34H45N5O5.C24H28N6.C24H31N5/c1-33(2,3)43-31(41)38(24-29-11-7-9-17-35-29)21-19-37(23-27-13-15-28(26-40)16-14-27)20-22-39(32(42)44-34(4,5)6)25-30-12-8-10-18-36-30;25-17-21-7-9-22(10-8-21)20-30(15-13-26-18-23-5-1-3-11-28-23)16-14-27-19-24-6-2-4-12-29-24;1-21-8-10-22(11-9-21)20-29(16-14-25-18-23-6-2-4-12-27-23)17-15-26-19-24-7-3-5-13-28-24/h7-18,26H,19-25H2,1-6H3;1-12,26-27H,13-16,18-20H2;2-13,25-26H,14-20H2,1H3. The Bertz CT molecular complexity index is 3640. The summed E-state index contributed by atoms with van der Waals surface area (Å²) in [6, 6.07) is 61.4. The Morgan fingerprint density at radius 2 is 0.680 bits per heavy atom. The minimum Gasteiger partial charge on any atom is -0.444 e. The molecular formula is C82H104N16O5. The normalized spacial score (nSPS) is 11.2. The molecule has 0 unspecified atom stereocenters. The van der Waals surface area contributed by atoms with Crippen LogP contribution < -0.4 is 21.3 Å². The summed E-state index contributed by atoms with van der Waals surface area (Å²) in [6.45, 7) is 28.4. The van der Waals surface area contributed by atoms with Gasteiger partial charge in [-0.25, -0.2) is 9.59 Å². The predicted molar refractivity (Wildman–Crippen MR) is 406 cm³/mol. The minimum atomic E-state index is -0.654. The lowest BCUT2D eigenvalue weighted by atomic mass is 10.1. The highest BCUT2D eigenvalue weighted by Crippen LogP contribution is 2.17. The van der Waals surface area contributed by atoms with Gasteiger partial charge in [-0.3, -0.25) is 49.4 Å². The molecule has 0 fully saturated rings. The molecule has 0 aliphatic heterocycles. The predicted octanol–water partition coefficient (Wildman–Crippen LogP) is 11.9. The Morgan fingerprint density at radius 1 is 0.388 bits per heavy atom. The highest BCUT2D eigenvalue weighted by molar-refractivity contribution is 5.74. The van der Waals surface area contributed by atoms with Gasteiger partial charge in [0.05, 0.1) is 58.9 Å². The third-order valence-corrected chi connectivity index (χ3v) is 15.9. The van der Waals surface area contributed by atoms with Crippen LogP contribution in [0.3, 0.4) is 0 Å². The van der Waals surface area contributed by atoms with Crippen molar-refractivity contribution in [3.05, 3.63) is 287 Å². The second-order valence-electron chi connectivity index (χ2n) is 26.9. The number of hydrogen-bond donors (Lipinski definition) is 4. The number of carbonyl (C=O) groups excluding carboxylic acids is 3. The molecule has 0 atom stereocenters. The number of carbonyl (C=O) groups is 3. The number of ether oxygens (including phenoxy) is 2. The molecule has 0 spiro atoms. The number of aromatic nitrogens is 6. The first kappa shape index (κ1) is 80.3. The second kappa shape index (κ2) is 45.1. The van der Waals surface area contributed by atoms with E-state index in [0.717, 1.165) is 138 Å². The van der Waals surface area contributed by atoms with Gasteiger partial charge in [-0.2, -0.15) is 5.26 Å². The molecule has 6 heterocycles. The van der Waals surface area contributed by atoms with Crippen molar-refractivity contribution in [2.75, 3.05) is 78.5 Å². The van der Waals surface area contributed by atoms with E-state index in [2.05, 4.69) is 115 Å². The average Bonchev–Trinajstić information content (AvgIpc) is 0.880. The number of benzene rings is 3. The molecule has 6 aromatic heterocycles. The Kier molecular flexibility index (Phi) is 35.1. The van der Waals surface area contributed by atoms with Gasteiger partial charge in [-0.05, 0) is 150 Å². The molecule has 21 nitrogen and oxygen atoms in total. The molecule has 0 saturated carbocycles. The van der Waals surface area contributed by atoms with Crippen molar-refractivity contribution >= 4 is 18.5 Å². The molecule has 9 aromatic rings. The van der Waals surface area contributed by atoms with E-state index < -0.39 is 23.4 Å². The molecule has 9 rings (SSSR count). The highest BCUT2D eigenvalue weighted by atomic mass is 16.6. The average molecular weight is 1390 g/mol. The van der Waals surface area contributed by atoms with Crippen molar-refractivity contribution < 1.29 is 23.9 Å². The van der Waals surface area contributed by atoms with Gasteiger partial charge in [0.2, 0.25) is 0 Å². The number of amides is 2. The number of nitriles is 1. The maximum atomic E-state index is 13.2. The first-order valence-electron chi connectivity index (χ1n) is 35.4. The van der Waals surface area contributed by atoms with Gasteiger partial charge in [0, 0.05) is 167 Å². The van der Waals surface area contributed by atoms with E-state index in [0.29, 0.717) is 56.9 Å². The highest BCUT2D eigenvalue weighted by Gasteiger charge is 2.26. The van der Waals surface area contributed by atoms with Crippen LogP contribution in [-0.2, 0) is 68.4 Å². The smallest absolute Gasteiger partial charge is 0.410 e. The van der Waals surface area contributed by atoms with E-state index >= 15 is 0 Å². The van der Waals surface area contributed by atoms with Crippen molar-refractivity contribution in [2.24, 2.45) is 0 Å². The number of aryl methyl sites for hydroxylation is 1. The second-order valence-corrected chi connectivity index (χ2v) is 26.9. The zero-order valence-corrected chi connectivity index (χ0v) is 61.1. The summed E-state index contributed by atoms with van der Waals surface area (Å²) in [5.74, 6) is 0. The van der Waals surface area contributed by atoms with Crippen LogP contribution in [0.25, 0.3) is 0 Å². The fraction of sp³-hybridized carbons (Fsp3) is 0.366. The number of aldehydes is 1. The minimum absolute atomic E-state index is 0.293. The lowest BCUT2D eigenvalue weighted by Gasteiger charge is -2.32. The van der Waals surface area contributed by atoms with E-state index in [9.17, 15) is 14.4 Å². The van der Waals surface area contributed by atoms with Crippen LogP contribution >= 0.6 is 0 Å². The molecule has 0 radical (unpaired) electrons. The molecule has 21 heteroatoms. The van der Waals surface area contributed by atoms with Crippen LogP contribution in [0.4, 0.5) is 9.59 Å². The maximum absolute atomic E-state index is 13.2. The van der Waals surface area contributed by atoms with Gasteiger partial charge < -0.3 is 40.5 Å². The van der Waals surface area contributed by atoms with Crippen molar-refractivity contribution in [1.29, 1.82) is 5.26 Å². The lowest BCUT2D eigenvalue weighted by Crippen LogP contribution is -2.44. The summed E-state index contributed by atoms with van der Waals surface area (Å²) < 4.78 is 11.4. The molecular weight excluding hydrogens is 1290 g/mol. The largest absolute Gasteiger partial charge is 0.444 e. The first-order chi connectivity index (χ1) is 49.9. The van der Waals surface area contributed by atoms with Crippen LogP contribution in [0.5, 0.6) is 0 Å². The SMILES string of the molecule is CC(C)(C)OC(=O)N(CCN(CCN(Cc1ccccn1)C(=O)OC(C)(C)C)Cc1ccc(C=O)cc1)Cc1ccccn1.Cc1ccc(CN(CCNCc2ccccn2)CCNCc2ccccn2)cc1.N#Cc1ccc(CN(CCNCc2ccccn2)CCNCc2ccccn2)cc1. The summed E-state index contributed by atoms with van der Waals surface area (Å²) in [5.41, 5.74) is 10.6. The number of rotatable bonds is 37. The van der Waals surface area contributed by atoms with Crippen LogP contribution in [0.1, 0.15) is 114 Å². The fourth-order valence-corrected chi connectivity index (χ4v) is 10.5. The molecule has 542 valence electrons. The van der Waals surface area contributed by atoms with Gasteiger partial charge in [0.1, 0.15) is 17.5 Å². The topological polar surface area (TPSA) is 235 Å². The monoisotopic (exact) mass is 1390 g/mol. The summed E-state index contributed by atoms with van der Waals surface area (Å²) in [4.78, 5) is 74.3. The molecule has 0 aliphatic rings. The number of hydrogen-bond acceptors (Lipinski definition) is 19. The van der Waals surface area contributed by atoms with Crippen molar-refractivity contribution in [2.45, 2.75) is 119 Å². The van der Waals surface area contributed by atoms with E-state index in [1.165, 1.54) is 16.7 Å². The molecule has 2 amide bonds. The quantitative estimate of drug-likeness (QED) is 0.0209. The molecule has 3 aromatic carbocycles. The molecule has 0 bridgehead atoms. The molecule has 0 aliphatic carbocycles. The number of nitrogens with one attached hydrogen (secondary N) is 4. The van der Waals surface area contributed by atoms with Gasteiger partial charge in [-0.15, -0.1) is 0 Å². The molecule has 0 saturated heterocycles. The van der Waals surface area contributed by atoms with E-state index in [-0.39, 0.29) is 0 Å². The third-order valence-electron chi connectivity index (χ3n) is 15.9. The fourth-order valence-electron chi connectivity index (χ4n) is 10.5. The zero-order chi connectivity index (χ0) is 73.2. The van der Waals surface area contributed by atoms with Gasteiger partial charge in [0.15, 0.2) is 0 Å². The van der Waals surface area contributed by atoms with E-state index in [1.54, 1.807) is 34.3 Å². The van der Waals surface area contributed by atoms with Crippen LogP contribution in [0.15, 0.2) is 219 Å². The third kappa shape index (κ3) is 34.0. The van der Waals surface area contributed by atoms with Crippen molar-refractivity contribution in [3.8, 4) is 6.07 Å². The summed E-state index contributed by atoms with van der Waals surface area (Å²) >= 11 is 0. The first-order valence-corrected chi connectivity index (χ1v) is 35.4. The summed E-state index contributed by atoms with van der Waals surface area (Å²) in [5, 5.41) is 23.0. The van der Waals surface area contributed by atoms with E-state index in [1.807, 2.05) is 200 Å². The Morgan fingerprint density at radius 3 is 0.961 bits per heavy atom. The lowest BCUT2D eigenvalue weighted by molar-refractivity contribution is 0.0185. The molecule has 103 heavy (non-hydrogen) atoms. The Hall–Kier alpha value is -10.0. The Labute approximate surface area is 610 Å². The van der Waals surface area contributed by atoms with Gasteiger partial charge in [0.25, 0.3) is 0 Å². The van der Waals surface area contributed by atoms with Gasteiger partial charge in [-0.1, -0.05) is 103 Å². The summed E-state index contributed by atoms with van der Waals surface area (Å²) in [7, 11) is 0. The zero-order valence-electron chi connectivity index (χ0n) is 61.1. The van der Waals surface area contributed by atoms with Crippen molar-refractivity contribution in [1.82, 2.24) is 75.7 Å². The van der Waals surface area contributed by atoms with Gasteiger partial charge >= 0.3 is 12.2 Å². The van der Waals surface area contributed by atoms with Crippen LogP contribution in [0.2, 0.25) is 0 Å². The van der Waals surface area contributed by atoms with Crippen LogP contribution in [0, 0.1) is 18.3 Å². The summed E-state index contributed by atoms with van der Waals surface area (Å²) in [6.07, 6.45) is 10.7. The van der Waals surface area contributed by atoms with E-state index in [4.69, 9.17) is 14.7 Å². The number of nitrogens with zero attached hydrogens (tertiary/aromatic N) is 12. The maximum Gasteiger partial charge on any atom is 0.410 e. The molecule has 4 N–H and O–H groups in total. The van der Waals surface area contributed by atoms with Crippen LogP contribution in [-0.4, -0.2) is 163 Å². The number of pyridine rings is 6.